The standard InChI is InChI=1S/C14H22N2/c1-4-6-8-12(7-5-2)13-11(3)9-10-16-14(13)15/h4,9-10,12H,1,5-8H2,2-3H3,(H2,15,16). The first kappa shape index (κ1) is 12.8. The minimum atomic E-state index is 0.525. The normalized spacial score (nSPS) is 12.4. The molecule has 0 amide bonds. The molecule has 0 fully saturated rings. The van der Waals surface area contributed by atoms with E-state index in [1.807, 2.05) is 12.1 Å². The zero-order valence-electron chi connectivity index (χ0n) is 10.4. The average Bonchev–Trinajstić information content (AvgIpc) is 2.25. The Balaban J connectivity index is 2.94. The summed E-state index contributed by atoms with van der Waals surface area (Å²) in [5.41, 5.74) is 8.49. The van der Waals surface area contributed by atoms with Gasteiger partial charge in [0.05, 0.1) is 0 Å². The minimum Gasteiger partial charge on any atom is -0.383 e. The molecular formula is C14H22N2. The Kier molecular flexibility index (Phi) is 5.03. The van der Waals surface area contributed by atoms with Crippen molar-refractivity contribution in [3.05, 3.63) is 36.0 Å². The monoisotopic (exact) mass is 218 g/mol. The summed E-state index contributed by atoms with van der Waals surface area (Å²) in [6.07, 6.45) is 8.27. The van der Waals surface area contributed by atoms with E-state index in [0.29, 0.717) is 11.7 Å². The lowest BCUT2D eigenvalue weighted by Crippen LogP contribution is -2.07. The van der Waals surface area contributed by atoms with Crippen LogP contribution in [0.5, 0.6) is 0 Å². The van der Waals surface area contributed by atoms with Crippen molar-refractivity contribution in [1.82, 2.24) is 4.98 Å². The van der Waals surface area contributed by atoms with E-state index in [1.54, 1.807) is 6.20 Å². The van der Waals surface area contributed by atoms with Crippen LogP contribution in [0.3, 0.4) is 0 Å². The Bertz CT molecular complexity index is 324. The van der Waals surface area contributed by atoms with Crippen LogP contribution in [0.4, 0.5) is 5.82 Å². The van der Waals surface area contributed by atoms with Crippen molar-refractivity contribution in [3.63, 3.8) is 0 Å². The van der Waals surface area contributed by atoms with Crippen molar-refractivity contribution < 1.29 is 0 Å². The van der Waals surface area contributed by atoms with E-state index in [-0.39, 0.29) is 0 Å². The third-order valence-electron chi connectivity index (χ3n) is 3.00. The molecular weight excluding hydrogens is 196 g/mol. The molecule has 1 heterocycles. The van der Waals surface area contributed by atoms with Gasteiger partial charge in [-0.2, -0.15) is 0 Å². The molecule has 2 N–H and O–H groups in total. The largest absolute Gasteiger partial charge is 0.383 e. The van der Waals surface area contributed by atoms with Crippen LogP contribution in [-0.4, -0.2) is 4.98 Å². The first-order chi connectivity index (χ1) is 7.70. The van der Waals surface area contributed by atoms with Crippen molar-refractivity contribution >= 4 is 5.82 Å². The lowest BCUT2D eigenvalue weighted by Gasteiger charge is -2.19. The number of anilines is 1. The molecule has 0 bridgehead atoms. The van der Waals surface area contributed by atoms with Crippen LogP contribution < -0.4 is 5.73 Å². The number of nitrogens with two attached hydrogens (primary N) is 1. The number of aryl methyl sites for hydroxylation is 1. The van der Waals surface area contributed by atoms with Crippen LogP contribution in [0.25, 0.3) is 0 Å². The summed E-state index contributed by atoms with van der Waals surface area (Å²) in [7, 11) is 0. The smallest absolute Gasteiger partial charge is 0.127 e. The first-order valence-corrected chi connectivity index (χ1v) is 6.02. The summed E-state index contributed by atoms with van der Waals surface area (Å²) < 4.78 is 0. The van der Waals surface area contributed by atoms with E-state index in [0.717, 1.165) is 12.8 Å². The maximum Gasteiger partial charge on any atom is 0.127 e. The van der Waals surface area contributed by atoms with Gasteiger partial charge in [-0.15, -0.1) is 6.58 Å². The Morgan fingerprint density at radius 1 is 1.50 bits per heavy atom. The molecule has 0 aliphatic rings. The highest BCUT2D eigenvalue weighted by atomic mass is 14.8. The summed E-state index contributed by atoms with van der Waals surface area (Å²) in [5.74, 6) is 1.22. The highest BCUT2D eigenvalue weighted by molar-refractivity contribution is 5.46. The second-order valence-electron chi connectivity index (χ2n) is 4.28. The molecule has 0 saturated heterocycles. The lowest BCUT2D eigenvalue weighted by atomic mass is 9.88. The van der Waals surface area contributed by atoms with Crippen molar-refractivity contribution in [2.45, 2.75) is 45.4 Å². The number of nitrogens with zero attached hydrogens (tertiary/aromatic N) is 1. The molecule has 0 aliphatic carbocycles. The molecule has 0 spiro atoms. The molecule has 2 nitrogen and oxygen atoms in total. The van der Waals surface area contributed by atoms with Crippen molar-refractivity contribution in [3.8, 4) is 0 Å². The fourth-order valence-electron chi connectivity index (χ4n) is 2.22. The Morgan fingerprint density at radius 2 is 2.25 bits per heavy atom. The van der Waals surface area contributed by atoms with Gasteiger partial charge >= 0.3 is 0 Å². The molecule has 1 aromatic rings. The third-order valence-corrected chi connectivity index (χ3v) is 3.00. The Labute approximate surface area is 98.6 Å². The van der Waals surface area contributed by atoms with Crippen LogP contribution in [0.1, 0.15) is 49.7 Å². The van der Waals surface area contributed by atoms with Crippen LogP contribution in [0.15, 0.2) is 24.9 Å². The van der Waals surface area contributed by atoms with Gasteiger partial charge < -0.3 is 5.73 Å². The predicted octanol–water partition coefficient (Wildman–Crippen LogP) is 3.82. The molecule has 0 radical (unpaired) electrons. The van der Waals surface area contributed by atoms with Crippen LogP contribution in [0.2, 0.25) is 0 Å². The Morgan fingerprint density at radius 3 is 2.81 bits per heavy atom. The van der Waals surface area contributed by atoms with E-state index >= 15 is 0 Å². The Hall–Kier alpha value is -1.31. The fourth-order valence-corrected chi connectivity index (χ4v) is 2.22. The second-order valence-corrected chi connectivity index (χ2v) is 4.28. The molecule has 2 heteroatoms. The maximum atomic E-state index is 5.99. The fraction of sp³-hybridized carbons (Fsp3) is 0.500. The van der Waals surface area contributed by atoms with Gasteiger partial charge in [0, 0.05) is 11.8 Å². The van der Waals surface area contributed by atoms with Gasteiger partial charge in [0.1, 0.15) is 5.82 Å². The van der Waals surface area contributed by atoms with Crippen LogP contribution >= 0.6 is 0 Å². The quantitative estimate of drug-likeness (QED) is 0.737. The highest BCUT2D eigenvalue weighted by Crippen LogP contribution is 2.31. The van der Waals surface area contributed by atoms with E-state index in [1.165, 1.54) is 24.0 Å². The van der Waals surface area contributed by atoms with Crippen molar-refractivity contribution in [2.75, 3.05) is 5.73 Å². The van der Waals surface area contributed by atoms with Gasteiger partial charge in [0.15, 0.2) is 0 Å². The van der Waals surface area contributed by atoms with Gasteiger partial charge in [-0.1, -0.05) is 19.4 Å². The van der Waals surface area contributed by atoms with Gasteiger partial charge in [0.25, 0.3) is 0 Å². The van der Waals surface area contributed by atoms with Gasteiger partial charge in [-0.3, -0.25) is 0 Å². The molecule has 88 valence electrons. The van der Waals surface area contributed by atoms with E-state index in [9.17, 15) is 0 Å². The SMILES string of the molecule is C=CCCC(CCC)c1c(C)ccnc1N. The van der Waals surface area contributed by atoms with E-state index < -0.39 is 0 Å². The molecule has 1 rings (SSSR count). The highest BCUT2D eigenvalue weighted by Gasteiger charge is 2.15. The molecule has 1 atom stereocenters. The average molecular weight is 218 g/mol. The van der Waals surface area contributed by atoms with Crippen LogP contribution in [0, 0.1) is 6.92 Å². The first-order valence-electron chi connectivity index (χ1n) is 6.02. The summed E-state index contributed by atoms with van der Waals surface area (Å²) in [6.45, 7) is 8.11. The number of rotatable bonds is 6. The number of hydrogen-bond acceptors (Lipinski definition) is 2. The second kappa shape index (κ2) is 6.31. The molecule has 0 aromatic carbocycles. The van der Waals surface area contributed by atoms with Gasteiger partial charge in [0.2, 0.25) is 0 Å². The zero-order chi connectivity index (χ0) is 12.0. The maximum absolute atomic E-state index is 5.99. The van der Waals surface area contributed by atoms with Gasteiger partial charge in [-0.05, 0) is 43.7 Å². The molecule has 0 aliphatic heterocycles. The number of aromatic nitrogens is 1. The number of allylic oxidation sites excluding steroid dienone is 1. The zero-order valence-corrected chi connectivity index (χ0v) is 10.4. The summed E-state index contributed by atoms with van der Waals surface area (Å²) in [6, 6.07) is 2.04. The van der Waals surface area contributed by atoms with Crippen molar-refractivity contribution in [1.29, 1.82) is 0 Å². The third kappa shape index (κ3) is 3.09. The number of nitrogen functional groups attached to an aromatic ring is 1. The summed E-state index contributed by atoms with van der Waals surface area (Å²) in [5, 5.41) is 0. The molecule has 1 unspecified atom stereocenters. The molecule has 1 aromatic heterocycles. The minimum absolute atomic E-state index is 0.525. The van der Waals surface area contributed by atoms with E-state index in [4.69, 9.17) is 5.73 Å². The number of hydrogen-bond donors (Lipinski definition) is 1. The molecule has 16 heavy (non-hydrogen) atoms. The lowest BCUT2D eigenvalue weighted by molar-refractivity contribution is 0.572. The predicted molar refractivity (Wildman–Crippen MR) is 70.5 cm³/mol. The van der Waals surface area contributed by atoms with Crippen molar-refractivity contribution in [2.24, 2.45) is 0 Å². The summed E-state index contributed by atoms with van der Waals surface area (Å²) >= 11 is 0. The van der Waals surface area contributed by atoms with Gasteiger partial charge in [-0.25, -0.2) is 4.98 Å². The molecule has 0 saturated carbocycles. The number of pyridine rings is 1. The van der Waals surface area contributed by atoms with E-state index in [2.05, 4.69) is 25.4 Å². The summed E-state index contributed by atoms with van der Waals surface area (Å²) in [4.78, 5) is 4.20. The van der Waals surface area contributed by atoms with Crippen LogP contribution in [-0.2, 0) is 0 Å². The topological polar surface area (TPSA) is 38.9 Å².